The van der Waals surface area contributed by atoms with Gasteiger partial charge in [-0.05, 0) is 115 Å². The molecule has 0 aromatic rings. The van der Waals surface area contributed by atoms with Gasteiger partial charge in [-0.2, -0.15) is 0 Å². The smallest absolute Gasteiger partial charge is 0.243 e. The van der Waals surface area contributed by atoms with Gasteiger partial charge >= 0.3 is 0 Å². The summed E-state index contributed by atoms with van der Waals surface area (Å²) in [5.41, 5.74) is 0. The van der Waals surface area contributed by atoms with Gasteiger partial charge < -0.3 is 5.32 Å². The normalized spacial score (nSPS) is 50.4. The fourth-order valence-electron chi connectivity index (χ4n) is 7.18. The highest BCUT2D eigenvalue weighted by molar-refractivity contribution is 5.87. The van der Waals surface area contributed by atoms with Crippen LogP contribution in [0, 0.1) is 76.9 Å². The molecule has 6 aliphatic carbocycles. The maximum atomic E-state index is 11.7. The maximum absolute atomic E-state index is 11.7. The Labute approximate surface area is 195 Å². The monoisotopic (exact) mass is 433 g/mol. The van der Waals surface area contributed by atoms with Crippen molar-refractivity contribution in [3.05, 3.63) is 36.5 Å². The topological polar surface area (TPSA) is 29.1 Å². The third-order valence-electron chi connectivity index (χ3n) is 9.83. The van der Waals surface area contributed by atoms with E-state index in [-0.39, 0.29) is 5.91 Å². The number of hydrogen-bond acceptors (Lipinski definition) is 1. The van der Waals surface area contributed by atoms with Crippen LogP contribution in [-0.4, -0.2) is 12.5 Å². The van der Waals surface area contributed by atoms with Crippen LogP contribution in [0.4, 0.5) is 0 Å². The Morgan fingerprint density at radius 1 is 0.719 bits per heavy atom. The van der Waals surface area contributed by atoms with Crippen LogP contribution in [0.2, 0.25) is 0 Å². The Balaban J connectivity index is 0.870. The summed E-state index contributed by atoms with van der Waals surface area (Å²) in [6.45, 7) is 7.38. The van der Waals surface area contributed by atoms with Crippen molar-refractivity contribution in [1.82, 2.24) is 5.32 Å². The minimum absolute atomic E-state index is 0.0298. The molecule has 1 N–H and O–H groups in total. The predicted molar refractivity (Wildman–Crippen MR) is 131 cm³/mol. The van der Waals surface area contributed by atoms with Crippen molar-refractivity contribution in [2.24, 2.45) is 76.9 Å². The second-order valence-corrected chi connectivity index (χ2v) is 13.0. The van der Waals surface area contributed by atoms with E-state index in [1.54, 1.807) is 18.9 Å². The largest absolute Gasteiger partial charge is 0.352 e. The average Bonchev–Trinajstić information content (AvgIpc) is 3.53. The predicted octanol–water partition coefficient (Wildman–Crippen LogP) is 6.26. The van der Waals surface area contributed by atoms with Crippen molar-refractivity contribution in [3.63, 3.8) is 0 Å². The Morgan fingerprint density at radius 2 is 1.22 bits per heavy atom. The first-order valence-electron chi connectivity index (χ1n) is 13.8. The lowest BCUT2D eigenvalue weighted by Crippen LogP contribution is -2.25. The van der Waals surface area contributed by atoms with Crippen LogP contribution in [0.25, 0.3) is 0 Å². The third kappa shape index (κ3) is 4.80. The Morgan fingerprint density at radius 3 is 1.75 bits per heavy atom. The molecule has 2 nitrogen and oxygen atoms in total. The minimum atomic E-state index is 0.0298. The Kier molecular flexibility index (Phi) is 5.42. The van der Waals surface area contributed by atoms with Crippen LogP contribution >= 0.6 is 0 Å². The summed E-state index contributed by atoms with van der Waals surface area (Å²) >= 11 is 0. The average molecular weight is 434 g/mol. The van der Waals surface area contributed by atoms with E-state index < -0.39 is 0 Å². The van der Waals surface area contributed by atoms with Crippen molar-refractivity contribution in [2.45, 2.75) is 59.3 Å². The molecule has 12 atom stereocenters. The summed E-state index contributed by atoms with van der Waals surface area (Å²) < 4.78 is 0. The van der Waals surface area contributed by atoms with Gasteiger partial charge in [0.25, 0.3) is 0 Å². The zero-order valence-corrected chi connectivity index (χ0v) is 20.3. The molecule has 6 rings (SSSR count). The SMILES string of the molecule is CC(C)CNC(=O)/C=C/C=C/[C@@H]1C[C@H]1[C@@H]1C[C@H]1[C@@H]1C[C@H]1[C@@H]1C[C@H]1[C@@H]1C[C@H]1/C=C/[C@@H]1C[C@H]1C. The number of amides is 1. The quantitative estimate of drug-likeness (QED) is 0.232. The van der Waals surface area contributed by atoms with Gasteiger partial charge in [-0.1, -0.05) is 51.2 Å². The van der Waals surface area contributed by atoms with Crippen LogP contribution in [0.5, 0.6) is 0 Å². The molecule has 0 saturated heterocycles. The number of nitrogens with one attached hydrogen (secondary N) is 1. The molecule has 32 heavy (non-hydrogen) atoms. The molecule has 0 aromatic carbocycles. The molecule has 6 saturated carbocycles. The summed E-state index contributed by atoms with van der Waals surface area (Å²) in [6, 6.07) is 0. The standard InChI is InChI=1S/C30H43NO/c1-17(2)16-31-30(32)7-5-4-6-20-11-22(20)24-13-26(24)28-15-29(28)27-14-25(27)23-12-21(23)9-8-19-10-18(19)3/h4-9,17-29H,10-16H2,1-3H3,(H,31,32)/b6-4+,7-5+,9-8+/t18-,19-,20-,21-,22-,23-,24+,25+,26-,27-,28+,29+/m1/s1. The van der Waals surface area contributed by atoms with Gasteiger partial charge in [0.1, 0.15) is 0 Å². The van der Waals surface area contributed by atoms with Gasteiger partial charge in [0, 0.05) is 12.6 Å². The van der Waals surface area contributed by atoms with E-state index in [0.717, 1.165) is 77.6 Å². The summed E-state index contributed by atoms with van der Waals surface area (Å²) in [6.07, 6.45) is 22.2. The van der Waals surface area contributed by atoms with Crippen LogP contribution in [0.3, 0.4) is 0 Å². The zero-order chi connectivity index (χ0) is 22.0. The molecular formula is C30H43NO. The van der Waals surface area contributed by atoms with Gasteiger partial charge in [0.2, 0.25) is 5.91 Å². The Hall–Kier alpha value is -1.31. The highest BCUT2D eigenvalue weighted by Gasteiger charge is 2.65. The molecule has 174 valence electrons. The van der Waals surface area contributed by atoms with E-state index in [4.69, 9.17) is 0 Å². The molecule has 0 aromatic heterocycles. The molecule has 0 heterocycles. The second kappa shape index (κ2) is 8.17. The number of carbonyl (C=O) groups excluding carboxylic acids is 1. The molecule has 1 amide bonds. The zero-order valence-electron chi connectivity index (χ0n) is 20.3. The van der Waals surface area contributed by atoms with Crippen molar-refractivity contribution in [1.29, 1.82) is 0 Å². The first-order chi connectivity index (χ1) is 15.5. The van der Waals surface area contributed by atoms with Crippen molar-refractivity contribution >= 4 is 5.91 Å². The van der Waals surface area contributed by atoms with E-state index in [1.807, 2.05) is 6.08 Å². The van der Waals surface area contributed by atoms with E-state index >= 15 is 0 Å². The number of carbonyl (C=O) groups is 1. The van der Waals surface area contributed by atoms with Gasteiger partial charge in [0.15, 0.2) is 0 Å². The molecule has 0 aliphatic heterocycles. The molecule has 0 unspecified atom stereocenters. The highest BCUT2D eigenvalue weighted by atomic mass is 16.1. The van der Waals surface area contributed by atoms with E-state index in [2.05, 4.69) is 50.4 Å². The van der Waals surface area contributed by atoms with Crippen molar-refractivity contribution in [3.8, 4) is 0 Å². The molecule has 2 heteroatoms. The van der Waals surface area contributed by atoms with Gasteiger partial charge in [-0.15, -0.1) is 0 Å². The summed E-state index contributed by atoms with van der Waals surface area (Å²) in [7, 11) is 0. The first kappa shape index (κ1) is 21.2. The van der Waals surface area contributed by atoms with E-state index in [0.29, 0.717) is 5.92 Å². The third-order valence-corrected chi connectivity index (χ3v) is 9.83. The van der Waals surface area contributed by atoms with Crippen LogP contribution in [-0.2, 0) is 4.79 Å². The van der Waals surface area contributed by atoms with Gasteiger partial charge in [-0.3, -0.25) is 4.79 Å². The molecule has 0 bridgehead atoms. The lowest BCUT2D eigenvalue weighted by molar-refractivity contribution is -0.116. The van der Waals surface area contributed by atoms with Gasteiger partial charge in [0.05, 0.1) is 0 Å². The number of rotatable bonds is 11. The highest BCUT2D eigenvalue weighted by Crippen LogP contribution is 2.72. The first-order valence-corrected chi connectivity index (χ1v) is 13.8. The fraction of sp³-hybridized carbons (Fsp3) is 0.767. The fourth-order valence-corrected chi connectivity index (χ4v) is 7.18. The second-order valence-electron chi connectivity index (χ2n) is 13.0. The molecule has 6 fully saturated rings. The van der Waals surface area contributed by atoms with Gasteiger partial charge in [-0.25, -0.2) is 0 Å². The summed E-state index contributed by atoms with van der Waals surface area (Å²) in [5, 5.41) is 2.93. The summed E-state index contributed by atoms with van der Waals surface area (Å²) in [4.78, 5) is 11.7. The molecule has 0 radical (unpaired) electrons. The lowest BCUT2D eigenvalue weighted by atomic mass is 10.1. The van der Waals surface area contributed by atoms with E-state index in [1.165, 1.54) is 25.7 Å². The van der Waals surface area contributed by atoms with Crippen LogP contribution in [0.1, 0.15) is 59.3 Å². The summed E-state index contributed by atoms with van der Waals surface area (Å²) in [5.74, 6) is 12.7. The molecular weight excluding hydrogens is 390 g/mol. The maximum Gasteiger partial charge on any atom is 0.243 e. The van der Waals surface area contributed by atoms with Crippen LogP contribution in [0.15, 0.2) is 36.5 Å². The van der Waals surface area contributed by atoms with Crippen molar-refractivity contribution in [2.75, 3.05) is 6.54 Å². The molecule has 6 aliphatic rings. The van der Waals surface area contributed by atoms with Crippen molar-refractivity contribution < 1.29 is 4.79 Å². The lowest BCUT2D eigenvalue weighted by Gasteiger charge is -2.03. The van der Waals surface area contributed by atoms with Crippen LogP contribution < -0.4 is 5.32 Å². The number of hydrogen-bond donors (Lipinski definition) is 1. The molecule has 0 spiro atoms. The number of allylic oxidation sites excluding steroid dienone is 5. The van der Waals surface area contributed by atoms with E-state index in [9.17, 15) is 4.79 Å². The Bertz CT molecular complexity index is 823. The minimum Gasteiger partial charge on any atom is -0.352 e.